The molecule has 3 rings (SSSR count). The molecule has 0 radical (unpaired) electrons. The van der Waals surface area contributed by atoms with Crippen LogP contribution in [0, 0.1) is 5.92 Å². The van der Waals surface area contributed by atoms with Gasteiger partial charge in [0, 0.05) is 18.2 Å². The number of Topliss-reactive ketones (excluding diaryl/α,β-unsaturated/α-hetero) is 1. The number of aliphatic hydroxyl groups is 1. The smallest absolute Gasteiger partial charge is 0.228 e. The van der Waals surface area contributed by atoms with E-state index in [1.54, 1.807) is 6.92 Å². The number of benzene rings is 1. The Bertz CT molecular complexity index is 1190. The van der Waals surface area contributed by atoms with Crippen molar-refractivity contribution in [3.8, 4) is 0 Å². The maximum Gasteiger partial charge on any atom is 0.228 e. The molecule has 1 aromatic carbocycles. The molecule has 0 aliphatic rings. The van der Waals surface area contributed by atoms with Gasteiger partial charge in [0.05, 0.1) is 23.9 Å². The fourth-order valence-electron chi connectivity index (χ4n) is 3.81. The Balaban J connectivity index is 2.19. The van der Waals surface area contributed by atoms with E-state index in [0.29, 0.717) is 23.5 Å². The largest absolute Gasteiger partial charge is 0.394 e. The van der Waals surface area contributed by atoms with Crippen LogP contribution in [0.4, 0.5) is 5.82 Å². The van der Waals surface area contributed by atoms with Crippen molar-refractivity contribution in [3.63, 3.8) is 0 Å². The first-order valence-electron chi connectivity index (χ1n) is 11.6. The predicted octanol–water partition coefficient (Wildman–Crippen LogP) is 4.20. The van der Waals surface area contributed by atoms with E-state index in [4.69, 9.17) is 9.98 Å². The van der Waals surface area contributed by atoms with Gasteiger partial charge in [0.25, 0.3) is 0 Å². The molecule has 0 saturated carbocycles. The highest BCUT2D eigenvalue weighted by molar-refractivity contribution is 5.94. The Morgan fingerprint density at radius 2 is 1.94 bits per heavy atom. The van der Waals surface area contributed by atoms with Gasteiger partial charge in [0.2, 0.25) is 5.62 Å². The first kappa shape index (κ1) is 24.6. The highest BCUT2D eigenvalue weighted by Gasteiger charge is 2.21. The number of hydrogen-bond donors (Lipinski definition) is 3. The summed E-state index contributed by atoms with van der Waals surface area (Å²) in [5.41, 5.74) is 4.95. The number of aromatic nitrogens is 4. The summed E-state index contributed by atoms with van der Waals surface area (Å²) in [6.45, 7) is 14.5. The molecule has 3 N–H and O–H groups in total. The van der Waals surface area contributed by atoms with Crippen LogP contribution < -0.4 is 10.9 Å². The summed E-state index contributed by atoms with van der Waals surface area (Å²) in [5, 5.41) is 21.1. The molecular formula is C25H36N6O2. The molecule has 0 spiro atoms. The summed E-state index contributed by atoms with van der Waals surface area (Å²) in [6, 6.07) is 7.41. The van der Waals surface area contributed by atoms with E-state index in [1.165, 1.54) is 0 Å². The number of ketones is 1. The second-order valence-corrected chi connectivity index (χ2v) is 9.45. The first-order chi connectivity index (χ1) is 15.6. The minimum Gasteiger partial charge on any atom is -0.394 e. The summed E-state index contributed by atoms with van der Waals surface area (Å²) >= 11 is 0. The number of hydrogen-bond acceptors (Lipinski definition) is 6. The molecule has 1 atom stereocenters. The molecule has 8 nitrogen and oxygen atoms in total. The van der Waals surface area contributed by atoms with Crippen molar-refractivity contribution in [2.75, 3.05) is 11.9 Å². The van der Waals surface area contributed by atoms with E-state index in [2.05, 4.69) is 47.8 Å². The minimum absolute atomic E-state index is 0.0359. The Morgan fingerprint density at radius 3 is 2.52 bits per heavy atom. The molecular weight excluding hydrogens is 416 g/mol. The van der Waals surface area contributed by atoms with Crippen molar-refractivity contribution in [2.24, 2.45) is 10.9 Å². The molecule has 0 aliphatic heterocycles. The van der Waals surface area contributed by atoms with E-state index >= 15 is 0 Å². The number of carbonyl (C=O) groups excluding carboxylic acids is 1. The second kappa shape index (κ2) is 10.3. The van der Waals surface area contributed by atoms with Crippen LogP contribution in [-0.2, 0) is 6.54 Å². The number of fused-ring (bicyclic) bond motifs is 1. The van der Waals surface area contributed by atoms with Gasteiger partial charge in [0.15, 0.2) is 17.1 Å². The Hall–Kier alpha value is -3.00. The van der Waals surface area contributed by atoms with Gasteiger partial charge in [-0.25, -0.2) is 4.99 Å². The average molecular weight is 453 g/mol. The molecule has 2 aromatic heterocycles. The van der Waals surface area contributed by atoms with Gasteiger partial charge in [0.1, 0.15) is 0 Å². The number of aliphatic hydroxyl groups excluding tert-OH is 1. The van der Waals surface area contributed by atoms with E-state index in [9.17, 15) is 9.90 Å². The highest BCUT2D eigenvalue weighted by atomic mass is 16.3. The standard InChI is InChI=1S/C25H36N6O2/c1-14(2)20(13-32)27-25-28-24(26-12-18-9-8-10-19(11-18)17(7)33)22-23(31(25)16(5)6)21(15(3)4)29-30-22/h8-11,14-16,20,32H,12-13H2,1-7H3,(H,29,30)(H,26,27,28). The summed E-state index contributed by atoms with van der Waals surface area (Å²) in [4.78, 5) is 21.5. The van der Waals surface area contributed by atoms with Crippen molar-refractivity contribution in [1.82, 2.24) is 19.7 Å². The Kier molecular flexibility index (Phi) is 7.68. The van der Waals surface area contributed by atoms with Crippen molar-refractivity contribution >= 4 is 22.6 Å². The van der Waals surface area contributed by atoms with E-state index < -0.39 is 0 Å². The van der Waals surface area contributed by atoms with E-state index in [1.807, 2.05) is 38.1 Å². The van der Waals surface area contributed by atoms with Crippen LogP contribution in [0.25, 0.3) is 11.0 Å². The van der Waals surface area contributed by atoms with Crippen LogP contribution in [0.5, 0.6) is 0 Å². The molecule has 2 heterocycles. The third-order valence-electron chi connectivity index (χ3n) is 5.79. The van der Waals surface area contributed by atoms with Crippen molar-refractivity contribution in [3.05, 3.63) is 46.7 Å². The monoisotopic (exact) mass is 452 g/mol. The van der Waals surface area contributed by atoms with Gasteiger partial charge in [-0.15, -0.1) is 0 Å². The Morgan fingerprint density at radius 1 is 1.21 bits per heavy atom. The number of carbonyl (C=O) groups is 1. The SMILES string of the molecule is CC(=O)c1cccc(CNc2nc(=NC(CO)C(C)C)n(C(C)C)c3c(C(C)C)[nH]nc23)c1. The molecule has 0 amide bonds. The zero-order valence-electron chi connectivity index (χ0n) is 20.7. The topological polar surface area (TPSA) is 108 Å². The van der Waals surface area contributed by atoms with Crippen LogP contribution in [0.2, 0.25) is 0 Å². The molecule has 0 fully saturated rings. The summed E-state index contributed by atoms with van der Waals surface area (Å²) < 4.78 is 2.10. The number of nitrogens with one attached hydrogen (secondary N) is 2. The van der Waals surface area contributed by atoms with Crippen LogP contribution >= 0.6 is 0 Å². The lowest BCUT2D eigenvalue weighted by Crippen LogP contribution is -2.32. The molecule has 3 aromatic rings. The zero-order valence-corrected chi connectivity index (χ0v) is 20.7. The molecule has 178 valence electrons. The molecule has 0 bridgehead atoms. The van der Waals surface area contributed by atoms with E-state index in [0.717, 1.165) is 22.3 Å². The number of H-pyrrole nitrogens is 1. The van der Waals surface area contributed by atoms with Crippen LogP contribution in [0.1, 0.15) is 82.0 Å². The Labute approximate surface area is 195 Å². The van der Waals surface area contributed by atoms with Gasteiger partial charge in [-0.3, -0.25) is 9.89 Å². The fraction of sp³-hybridized carbons (Fsp3) is 0.520. The van der Waals surface area contributed by atoms with Crippen LogP contribution in [0.3, 0.4) is 0 Å². The number of rotatable bonds is 9. The number of aromatic amines is 1. The molecule has 33 heavy (non-hydrogen) atoms. The van der Waals surface area contributed by atoms with Gasteiger partial charge >= 0.3 is 0 Å². The van der Waals surface area contributed by atoms with Crippen LogP contribution in [-0.4, -0.2) is 43.3 Å². The first-order valence-corrected chi connectivity index (χ1v) is 11.6. The fourth-order valence-corrected chi connectivity index (χ4v) is 3.81. The van der Waals surface area contributed by atoms with Crippen LogP contribution in [0.15, 0.2) is 29.3 Å². The number of nitrogens with zero attached hydrogens (tertiary/aromatic N) is 4. The molecule has 1 unspecified atom stereocenters. The van der Waals surface area contributed by atoms with E-state index in [-0.39, 0.29) is 36.3 Å². The summed E-state index contributed by atoms with van der Waals surface area (Å²) in [6.07, 6.45) is 0. The predicted molar refractivity (Wildman–Crippen MR) is 131 cm³/mol. The highest BCUT2D eigenvalue weighted by Crippen LogP contribution is 2.27. The van der Waals surface area contributed by atoms with Gasteiger partial charge < -0.3 is 15.0 Å². The number of anilines is 1. The van der Waals surface area contributed by atoms with Crippen molar-refractivity contribution in [2.45, 2.75) is 73.0 Å². The zero-order chi connectivity index (χ0) is 24.3. The maximum atomic E-state index is 11.8. The lowest BCUT2D eigenvalue weighted by Gasteiger charge is -2.19. The summed E-state index contributed by atoms with van der Waals surface area (Å²) in [7, 11) is 0. The van der Waals surface area contributed by atoms with Gasteiger partial charge in [-0.05, 0) is 44.2 Å². The third-order valence-corrected chi connectivity index (χ3v) is 5.79. The van der Waals surface area contributed by atoms with Crippen molar-refractivity contribution in [1.29, 1.82) is 0 Å². The molecule has 0 saturated heterocycles. The summed E-state index contributed by atoms with van der Waals surface area (Å²) in [5.74, 6) is 1.06. The van der Waals surface area contributed by atoms with Crippen molar-refractivity contribution < 1.29 is 9.90 Å². The molecule has 8 heteroatoms. The second-order valence-electron chi connectivity index (χ2n) is 9.45. The average Bonchev–Trinajstić information content (AvgIpc) is 3.20. The minimum atomic E-state index is -0.255. The normalized spacial score (nSPS) is 13.5. The van der Waals surface area contributed by atoms with Gasteiger partial charge in [-0.2, -0.15) is 10.1 Å². The lowest BCUT2D eigenvalue weighted by atomic mass is 10.1. The quantitative estimate of drug-likeness (QED) is 0.422. The maximum absolute atomic E-state index is 11.8. The third kappa shape index (κ3) is 5.33. The molecule has 0 aliphatic carbocycles. The lowest BCUT2D eigenvalue weighted by molar-refractivity contribution is 0.101. The van der Waals surface area contributed by atoms with Gasteiger partial charge in [-0.1, -0.05) is 45.9 Å².